The van der Waals surface area contributed by atoms with Crippen LogP contribution in [0.15, 0.2) is 11.1 Å². The predicted octanol–water partition coefficient (Wildman–Crippen LogP) is 0.605. The number of nitrogens with one attached hydrogen (secondary N) is 3. The molecule has 0 radical (unpaired) electrons. The van der Waals surface area contributed by atoms with E-state index in [2.05, 4.69) is 25.3 Å². The van der Waals surface area contributed by atoms with Crippen LogP contribution in [0.2, 0.25) is 0 Å². The molecule has 2 aromatic heterocycles. The van der Waals surface area contributed by atoms with Crippen LogP contribution in [0, 0.1) is 5.41 Å². The van der Waals surface area contributed by atoms with E-state index >= 15 is 0 Å². The van der Waals surface area contributed by atoms with Gasteiger partial charge >= 0.3 is 5.97 Å². The molecule has 0 bridgehead atoms. The van der Waals surface area contributed by atoms with E-state index in [1.54, 1.807) is 20.8 Å². The molecule has 8 heteroatoms. The van der Waals surface area contributed by atoms with Crippen molar-refractivity contribution in [2.75, 3.05) is 12.0 Å². The van der Waals surface area contributed by atoms with Crippen LogP contribution in [-0.2, 0) is 9.53 Å². The smallest absolute Gasteiger partial charge is 0.312 e. The van der Waals surface area contributed by atoms with Gasteiger partial charge in [0.25, 0.3) is 5.56 Å². The molecule has 2 aromatic rings. The first-order valence-electron chi connectivity index (χ1n) is 5.72. The zero-order valence-electron chi connectivity index (χ0n) is 10.9. The number of ether oxygens (including phenoxy) is 1. The van der Waals surface area contributed by atoms with Crippen LogP contribution in [-0.4, -0.2) is 32.6 Å². The standard InChI is InChI=1S/C11H15N5O3/c1-11(2,3)9(18)19-5-14-10-15-7-6(8(17)16-10)12-4-13-7/h4H,5H2,1-3H3,(H3,12,13,14,15,16,17). The molecule has 102 valence electrons. The van der Waals surface area contributed by atoms with E-state index in [0.29, 0.717) is 11.2 Å². The molecule has 2 heterocycles. The number of H-pyrrole nitrogens is 2. The molecule has 0 saturated carbocycles. The lowest BCUT2D eigenvalue weighted by Gasteiger charge is -2.16. The molecule has 0 amide bonds. The molecule has 0 spiro atoms. The van der Waals surface area contributed by atoms with Crippen LogP contribution in [0.25, 0.3) is 11.2 Å². The van der Waals surface area contributed by atoms with Crippen molar-refractivity contribution < 1.29 is 9.53 Å². The fourth-order valence-corrected chi connectivity index (χ4v) is 1.31. The number of fused-ring (bicyclic) bond motifs is 1. The Morgan fingerprint density at radius 2 is 2.21 bits per heavy atom. The van der Waals surface area contributed by atoms with Crippen molar-refractivity contribution in [2.24, 2.45) is 5.41 Å². The zero-order valence-corrected chi connectivity index (χ0v) is 10.9. The Kier molecular flexibility index (Phi) is 3.24. The molecule has 0 saturated heterocycles. The third-order valence-electron chi connectivity index (χ3n) is 2.35. The fourth-order valence-electron chi connectivity index (χ4n) is 1.31. The maximum Gasteiger partial charge on any atom is 0.312 e. The Morgan fingerprint density at radius 1 is 1.47 bits per heavy atom. The highest BCUT2D eigenvalue weighted by molar-refractivity contribution is 5.75. The first kappa shape index (κ1) is 13.1. The number of hydrogen-bond donors (Lipinski definition) is 3. The van der Waals surface area contributed by atoms with Crippen molar-refractivity contribution in [3.63, 3.8) is 0 Å². The summed E-state index contributed by atoms with van der Waals surface area (Å²) in [4.78, 5) is 36.3. The Bertz CT molecular complexity index is 652. The Morgan fingerprint density at radius 3 is 2.89 bits per heavy atom. The predicted molar refractivity (Wildman–Crippen MR) is 68.5 cm³/mol. The third-order valence-corrected chi connectivity index (χ3v) is 2.35. The topological polar surface area (TPSA) is 113 Å². The highest BCUT2D eigenvalue weighted by atomic mass is 16.5. The summed E-state index contributed by atoms with van der Waals surface area (Å²) in [7, 11) is 0. The molecule has 0 aliphatic heterocycles. The number of imidazole rings is 1. The highest BCUT2D eigenvalue weighted by Crippen LogP contribution is 2.14. The van der Waals surface area contributed by atoms with Crippen molar-refractivity contribution in [1.29, 1.82) is 0 Å². The Hall–Kier alpha value is -2.38. The van der Waals surface area contributed by atoms with Gasteiger partial charge < -0.3 is 15.0 Å². The first-order valence-corrected chi connectivity index (χ1v) is 5.72. The van der Waals surface area contributed by atoms with Gasteiger partial charge in [-0.3, -0.25) is 14.6 Å². The summed E-state index contributed by atoms with van der Waals surface area (Å²) in [5.41, 5.74) is -0.313. The van der Waals surface area contributed by atoms with Crippen LogP contribution in [0.5, 0.6) is 0 Å². The van der Waals surface area contributed by atoms with Crippen LogP contribution in [0.4, 0.5) is 5.95 Å². The molecular weight excluding hydrogens is 250 g/mol. The molecule has 19 heavy (non-hydrogen) atoms. The number of nitrogens with zero attached hydrogens (tertiary/aromatic N) is 2. The normalized spacial score (nSPS) is 11.5. The summed E-state index contributed by atoms with van der Waals surface area (Å²) < 4.78 is 5.00. The van der Waals surface area contributed by atoms with Gasteiger partial charge in [0.15, 0.2) is 17.9 Å². The number of esters is 1. The van der Waals surface area contributed by atoms with E-state index in [1.807, 2.05) is 0 Å². The van der Waals surface area contributed by atoms with E-state index in [1.165, 1.54) is 6.33 Å². The minimum Gasteiger partial charge on any atom is -0.444 e. The molecule has 8 nitrogen and oxygen atoms in total. The van der Waals surface area contributed by atoms with Gasteiger partial charge in [-0.05, 0) is 20.8 Å². The number of hydrogen-bond acceptors (Lipinski definition) is 6. The average molecular weight is 265 g/mol. The van der Waals surface area contributed by atoms with Gasteiger partial charge in [-0.25, -0.2) is 4.98 Å². The van der Waals surface area contributed by atoms with Crippen molar-refractivity contribution in [2.45, 2.75) is 20.8 Å². The number of aromatic nitrogens is 4. The molecule has 2 rings (SSSR count). The quantitative estimate of drug-likeness (QED) is 0.553. The molecule has 0 aliphatic rings. The maximum atomic E-state index is 11.6. The SMILES string of the molecule is CC(C)(C)C(=O)OCNc1nc2nc[nH]c2c(=O)[nH]1. The number of carbonyl (C=O) groups excluding carboxylic acids is 1. The Labute approximate surface area is 108 Å². The molecular formula is C11H15N5O3. The summed E-state index contributed by atoms with van der Waals surface area (Å²) >= 11 is 0. The van der Waals surface area contributed by atoms with Crippen LogP contribution < -0.4 is 10.9 Å². The van der Waals surface area contributed by atoms with Crippen molar-refractivity contribution in [1.82, 2.24) is 19.9 Å². The van der Waals surface area contributed by atoms with Gasteiger partial charge in [0.2, 0.25) is 5.95 Å². The van der Waals surface area contributed by atoms with Crippen molar-refractivity contribution >= 4 is 23.1 Å². The molecule has 0 unspecified atom stereocenters. The van der Waals surface area contributed by atoms with Gasteiger partial charge in [-0.1, -0.05) is 0 Å². The van der Waals surface area contributed by atoms with Crippen LogP contribution >= 0.6 is 0 Å². The van der Waals surface area contributed by atoms with E-state index in [-0.39, 0.29) is 24.2 Å². The second kappa shape index (κ2) is 4.71. The fraction of sp³-hybridized carbons (Fsp3) is 0.455. The summed E-state index contributed by atoms with van der Waals surface area (Å²) in [5, 5.41) is 2.71. The molecule has 0 fully saturated rings. The first-order chi connectivity index (χ1) is 8.88. The maximum absolute atomic E-state index is 11.6. The third kappa shape index (κ3) is 2.90. The van der Waals surface area contributed by atoms with E-state index in [4.69, 9.17) is 4.74 Å². The second-order valence-electron chi connectivity index (χ2n) is 5.02. The van der Waals surface area contributed by atoms with Crippen molar-refractivity contribution in [3.8, 4) is 0 Å². The summed E-state index contributed by atoms with van der Waals surface area (Å²) in [6.45, 7) is 5.19. The lowest BCUT2D eigenvalue weighted by Crippen LogP contribution is -2.26. The minimum absolute atomic E-state index is 0.0744. The monoisotopic (exact) mass is 265 g/mol. The summed E-state index contributed by atoms with van der Waals surface area (Å²) in [6, 6.07) is 0. The zero-order chi connectivity index (χ0) is 14.0. The van der Waals surface area contributed by atoms with Gasteiger partial charge in [0, 0.05) is 0 Å². The van der Waals surface area contributed by atoms with Gasteiger partial charge in [-0.15, -0.1) is 0 Å². The van der Waals surface area contributed by atoms with Crippen molar-refractivity contribution in [3.05, 3.63) is 16.7 Å². The number of aromatic amines is 2. The summed E-state index contributed by atoms with van der Waals surface area (Å²) in [6.07, 6.45) is 1.39. The minimum atomic E-state index is -0.575. The number of rotatable bonds is 3. The van der Waals surface area contributed by atoms with E-state index < -0.39 is 5.41 Å². The molecule has 3 N–H and O–H groups in total. The lowest BCUT2D eigenvalue weighted by molar-refractivity contribution is -0.152. The lowest BCUT2D eigenvalue weighted by atomic mass is 9.98. The van der Waals surface area contributed by atoms with Crippen LogP contribution in [0.3, 0.4) is 0 Å². The van der Waals surface area contributed by atoms with Gasteiger partial charge in [0.05, 0.1) is 11.7 Å². The average Bonchev–Trinajstić information content (AvgIpc) is 2.76. The van der Waals surface area contributed by atoms with E-state index in [9.17, 15) is 9.59 Å². The number of anilines is 1. The van der Waals surface area contributed by atoms with E-state index in [0.717, 1.165) is 0 Å². The largest absolute Gasteiger partial charge is 0.444 e. The van der Waals surface area contributed by atoms with Crippen LogP contribution in [0.1, 0.15) is 20.8 Å². The van der Waals surface area contributed by atoms with Gasteiger partial charge in [0.1, 0.15) is 0 Å². The highest BCUT2D eigenvalue weighted by Gasteiger charge is 2.22. The molecule has 0 atom stereocenters. The molecule has 0 aliphatic carbocycles. The Balaban J connectivity index is 2.02. The molecule has 0 aromatic carbocycles. The summed E-state index contributed by atoms with van der Waals surface area (Å²) in [5.74, 6) is -0.144. The van der Waals surface area contributed by atoms with Gasteiger partial charge in [-0.2, -0.15) is 4.98 Å². The second-order valence-corrected chi connectivity index (χ2v) is 5.02. The number of carbonyl (C=O) groups is 1.